The van der Waals surface area contributed by atoms with Gasteiger partial charge in [-0.2, -0.15) is 0 Å². The molecular weight excluding hydrogens is 556 g/mol. The van der Waals surface area contributed by atoms with Crippen LogP contribution in [0.5, 0.6) is 0 Å². The number of hydrogen-bond donors (Lipinski definition) is 0. The Bertz CT molecular complexity index is 1320. The largest absolute Gasteiger partial charge is 0.445 e. The minimum atomic E-state index is -0.500. The second-order valence-electron chi connectivity index (χ2n) is 10.2. The average Bonchev–Trinajstić information content (AvgIpc) is 3.42. The highest BCUT2D eigenvalue weighted by molar-refractivity contribution is 6.30. The van der Waals surface area contributed by atoms with Gasteiger partial charge in [-0.1, -0.05) is 47.5 Å². The molecule has 3 heterocycles. The first-order chi connectivity index (χ1) is 19.3. The number of hydrogen-bond acceptors (Lipinski definition) is 6. The van der Waals surface area contributed by atoms with Gasteiger partial charge < -0.3 is 19.4 Å². The van der Waals surface area contributed by atoms with Gasteiger partial charge in [0.05, 0.1) is 6.04 Å². The number of aromatic nitrogens is 2. The predicted molar refractivity (Wildman–Crippen MR) is 151 cm³/mol. The number of likely N-dealkylation sites (tertiary alicyclic amines) is 1. The first-order valence-electron chi connectivity index (χ1n) is 13.2. The van der Waals surface area contributed by atoms with Crippen LogP contribution >= 0.6 is 23.2 Å². The van der Waals surface area contributed by atoms with Crippen molar-refractivity contribution < 1.29 is 18.7 Å². The Hall–Kier alpha value is -3.43. The smallest absolute Gasteiger partial charge is 0.410 e. The summed E-state index contributed by atoms with van der Waals surface area (Å²) in [4.78, 5) is 32.3. The summed E-state index contributed by atoms with van der Waals surface area (Å²) in [5.74, 6) is 0.278. The van der Waals surface area contributed by atoms with Crippen LogP contribution in [-0.2, 0) is 16.1 Å². The van der Waals surface area contributed by atoms with Crippen LogP contribution in [0, 0.1) is 11.7 Å². The number of anilines is 1. The lowest BCUT2D eigenvalue weighted by Gasteiger charge is -2.33. The van der Waals surface area contributed by atoms with Crippen molar-refractivity contribution in [3.05, 3.63) is 87.8 Å². The molecule has 2 amide bonds. The molecular formula is C29H30Cl2FN5O3. The monoisotopic (exact) mass is 585 g/mol. The van der Waals surface area contributed by atoms with Crippen molar-refractivity contribution in [2.75, 3.05) is 38.1 Å². The summed E-state index contributed by atoms with van der Waals surface area (Å²) in [6.45, 7) is 2.31. The topological polar surface area (TPSA) is 78.9 Å². The molecule has 210 valence electrons. The van der Waals surface area contributed by atoms with Crippen LogP contribution in [0.3, 0.4) is 0 Å². The molecule has 8 nitrogen and oxygen atoms in total. The molecule has 2 saturated heterocycles. The van der Waals surface area contributed by atoms with E-state index in [1.807, 2.05) is 35.2 Å². The van der Waals surface area contributed by atoms with Gasteiger partial charge >= 0.3 is 6.09 Å². The number of ether oxygens (including phenoxy) is 1. The molecule has 2 aliphatic rings. The van der Waals surface area contributed by atoms with Gasteiger partial charge in [0.15, 0.2) is 11.0 Å². The Balaban J connectivity index is 1.25. The fourth-order valence-electron chi connectivity index (χ4n) is 5.45. The van der Waals surface area contributed by atoms with E-state index >= 15 is 0 Å². The number of carbonyl (C=O) groups excluding carboxylic acids is 2. The quantitative estimate of drug-likeness (QED) is 0.385. The lowest BCUT2D eigenvalue weighted by Crippen LogP contribution is -2.44. The molecule has 2 fully saturated rings. The van der Waals surface area contributed by atoms with E-state index in [0.717, 1.165) is 11.4 Å². The number of nitrogens with zero attached hydrogens (tertiary/aromatic N) is 5. The Morgan fingerprint density at radius 3 is 2.33 bits per heavy atom. The number of likely N-dealkylation sites (N-methyl/N-ethyl adjacent to an activating group) is 1. The Morgan fingerprint density at radius 2 is 1.68 bits per heavy atom. The van der Waals surface area contributed by atoms with E-state index in [1.165, 1.54) is 12.1 Å². The molecule has 5 rings (SSSR count). The standard InChI is InChI=1S/C29H30Cl2FN5O3/c1-35(29(39)40-18-19-2-8-23(32)9-3-19)25-17-37(16-24(25)20-4-6-22(30)7-5-20)28(38)21-12-14-36(15-13-21)27-11-10-26(31)33-34-27/h2-11,21,24-25H,12-18H2,1H3/t24-,25+/m0/s1. The molecule has 2 aromatic carbocycles. The van der Waals surface area contributed by atoms with Crippen LogP contribution in [0.25, 0.3) is 0 Å². The zero-order chi connectivity index (χ0) is 28.2. The maximum atomic E-state index is 13.7. The van der Waals surface area contributed by atoms with E-state index in [9.17, 15) is 14.0 Å². The summed E-state index contributed by atoms with van der Waals surface area (Å²) < 4.78 is 18.8. The van der Waals surface area contributed by atoms with Crippen molar-refractivity contribution >= 4 is 41.0 Å². The van der Waals surface area contributed by atoms with E-state index in [2.05, 4.69) is 15.1 Å². The van der Waals surface area contributed by atoms with Crippen LogP contribution < -0.4 is 4.90 Å². The summed E-state index contributed by atoms with van der Waals surface area (Å²) >= 11 is 12.0. The normalized spacial score (nSPS) is 19.5. The van der Waals surface area contributed by atoms with Gasteiger partial charge in [-0.3, -0.25) is 4.79 Å². The first-order valence-corrected chi connectivity index (χ1v) is 14.0. The molecule has 0 radical (unpaired) electrons. The van der Waals surface area contributed by atoms with E-state index in [-0.39, 0.29) is 36.2 Å². The zero-order valence-corrected chi connectivity index (χ0v) is 23.6. The first kappa shape index (κ1) is 28.1. The van der Waals surface area contributed by atoms with E-state index < -0.39 is 6.09 Å². The third-order valence-electron chi connectivity index (χ3n) is 7.75. The zero-order valence-electron chi connectivity index (χ0n) is 22.1. The van der Waals surface area contributed by atoms with Crippen molar-refractivity contribution in [3.8, 4) is 0 Å². The summed E-state index contributed by atoms with van der Waals surface area (Å²) in [5.41, 5.74) is 1.69. The molecule has 0 N–H and O–H groups in total. The van der Waals surface area contributed by atoms with E-state index in [1.54, 1.807) is 30.1 Å². The maximum Gasteiger partial charge on any atom is 0.410 e. The number of halogens is 3. The van der Waals surface area contributed by atoms with Crippen molar-refractivity contribution in [1.82, 2.24) is 20.0 Å². The molecule has 0 bridgehead atoms. The summed E-state index contributed by atoms with van der Waals surface area (Å²) in [7, 11) is 1.69. The molecule has 2 atom stereocenters. The predicted octanol–water partition coefficient (Wildman–Crippen LogP) is 5.40. The molecule has 0 unspecified atom stereocenters. The van der Waals surface area contributed by atoms with Crippen molar-refractivity contribution in [3.63, 3.8) is 0 Å². The Kier molecular flexibility index (Phi) is 8.71. The highest BCUT2D eigenvalue weighted by Gasteiger charge is 2.42. The fraction of sp³-hybridized carbons (Fsp3) is 0.379. The molecule has 2 aliphatic heterocycles. The lowest BCUT2D eigenvalue weighted by molar-refractivity contribution is -0.135. The molecule has 0 aliphatic carbocycles. The third-order valence-corrected chi connectivity index (χ3v) is 8.20. The summed E-state index contributed by atoms with van der Waals surface area (Å²) in [6.07, 6.45) is 0.900. The van der Waals surface area contributed by atoms with Gasteiger partial charge in [0.25, 0.3) is 0 Å². The van der Waals surface area contributed by atoms with Crippen molar-refractivity contribution in [2.24, 2.45) is 5.92 Å². The number of rotatable bonds is 6. The summed E-state index contributed by atoms with van der Waals surface area (Å²) in [5, 5.41) is 9.04. The minimum absolute atomic E-state index is 0.0288. The van der Waals surface area contributed by atoms with Gasteiger partial charge in [-0.25, -0.2) is 9.18 Å². The molecule has 3 aromatic rings. The van der Waals surface area contributed by atoms with Gasteiger partial charge in [0.1, 0.15) is 12.4 Å². The number of carbonyl (C=O) groups is 2. The van der Waals surface area contributed by atoms with Crippen LogP contribution in [0.1, 0.15) is 29.9 Å². The van der Waals surface area contributed by atoms with E-state index in [4.69, 9.17) is 27.9 Å². The van der Waals surface area contributed by atoms with E-state index in [0.29, 0.717) is 54.8 Å². The van der Waals surface area contributed by atoms with Crippen LogP contribution in [0.2, 0.25) is 10.2 Å². The van der Waals surface area contributed by atoms with Gasteiger partial charge in [-0.05, 0) is 60.4 Å². The molecule has 0 spiro atoms. The number of piperidine rings is 1. The highest BCUT2D eigenvalue weighted by atomic mass is 35.5. The number of amides is 2. The van der Waals surface area contributed by atoms with Gasteiger partial charge in [0.2, 0.25) is 5.91 Å². The second-order valence-corrected chi connectivity index (χ2v) is 11.1. The lowest BCUT2D eigenvalue weighted by atomic mass is 9.93. The highest BCUT2D eigenvalue weighted by Crippen LogP contribution is 2.34. The van der Waals surface area contributed by atoms with Crippen molar-refractivity contribution in [2.45, 2.75) is 31.4 Å². The average molecular weight is 586 g/mol. The Morgan fingerprint density at radius 1 is 0.975 bits per heavy atom. The van der Waals surface area contributed by atoms with Crippen LogP contribution in [0.4, 0.5) is 15.0 Å². The molecule has 40 heavy (non-hydrogen) atoms. The molecule has 11 heteroatoms. The van der Waals surface area contributed by atoms with Gasteiger partial charge in [0, 0.05) is 50.1 Å². The summed E-state index contributed by atoms with van der Waals surface area (Å²) in [6, 6.07) is 16.6. The van der Waals surface area contributed by atoms with Crippen molar-refractivity contribution in [1.29, 1.82) is 0 Å². The third kappa shape index (κ3) is 6.47. The van der Waals surface area contributed by atoms with Gasteiger partial charge in [-0.15, -0.1) is 10.2 Å². The number of benzene rings is 2. The Labute approximate surface area is 242 Å². The molecule has 1 aromatic heterocycles. The minimum Gasteiger partial charge on any atom is -0.445 e. The fourth-order valence-corrected chi connectivity index (χ4v) is 5.68. The SMILES string of the molecule is CN(C(=O)OCc1ccc(F)cc1)[C@@H]1CN(C(=O)C2CCN(c3ccc(Cl)nn3)CC2)C[C@H]1c1ccc(Cl)cc1. The molecule has 0 saturated carbocycles. The maximum absolute atomic E-state index is 13.7. The second kappa shape index (κ2) is 12.4. The van der Waals surface area contributed by atoms with Crippen LogP contribution in [0.15, 0.2) is 60.7 Å². The van der Waals surface area contributed by atoms with Crippen LogP contribution in [-0.4, -0.2) is 71.3 Å².